The fourth-order valence-corrected chi connectivity index (χ4v) is 2.28. The van der Waals surface area contributed by atoms with E-state index in [0.29, 0.717) is 12.6 Å². The molecule has 19 heavy (non-hydrogen) atoms. The third-order valence-electron chi connectivity index (χ3n) is 3.33. The first kappa shape index (κ1) is 15.9. The van der Waals surface area contributed by atoms with Crippen molar-refractivity contribution in [3.63, 3.8) is 0 Å². The first-order valence-electron chi connectivity index (χ1n) is 7.19. The molecule has 0 spiro atoms. The number of likely N-dealkylation sites (N-methyl/N-ethyl adjacent to an activating group) is 1. The average Bonchev–Trinajstić information content (AvgIpc) is 2.43. The first-order valence-corrected chi connectivity index (χ1v) is 7.19. The van der Waals surface area contributed by atoms with Gasteiger partial charge in [-0.2, -0.15) is 0 Å². The van der Waals surface area contributed by atoms with E-state index in [1.807, 2.05) is 13.8 Å². The summed E-state index contributed by atoms with van der Waals surface area (Å²) in [6.45, 7) is 7.67. The lowest BCUT2D eigenvalue weighted by molar-refractivity contribution is -0.121. The molecule has 1 saturated heterocycles. The Labute approximate surface area is 115 Å². The smallest absolute Gasteiger partial charge is 0.321 e. The number of hydrogen-bond acceptors (Lipinski definition) is 4. The Kier molecular flexibility index (Phi) is 7.43. The molecule has 0 bridgehead atoms. The van der Waals surface area contributed by atoms with E-state index >= 15 is 0 Å². The summed E-state index contributed by atoms with van der Waals surface area (Å²) in [5.74, 6) is -0.235. The largest absolute Gasteiger partial charge is 0.338 e. The second-order valence-electron chi connectivity index (χ2n) is 4.87. The van der Waals surface area contributed by atoms with Crippen LogP contribution >= 0.6 is 0 Å². The molecule has 1 aliphatic rings. The Hall–Kier alpha value is -1.14. The van der Waals surface area contributed by atoms with Crippen molar-refractivity contribution in [2.45, 2.75) is 39.2 Å². The number of piperidine rings is 1. The highest BCUT2D eigenvalue weighted by Gasteiger charge is 2.22. The lowest BCUT2D eigenvalue weighted by atomic mass is 10.1. The minimum Gasteiger partial charge on any atom is -0.338 e. The van der Waals surface area contributed by atoms with Crippen LogP contribution in [0.25, 0.3) is 0 Å². The van der Waals surface area contributed by atoms with Gasteiger partial charge in [0.2, 0.25) is 5.91 Å². The molecule has 0 saturated carbocycles. The van der Waals surface area contributed by atoms with Crippen molar-refractivity contribution < 1.29 is 9.59 Å². The van der Waals surface area contributed by atoms with Gasteiger partial charge < -0.3 is 10.6 Å². The molecule has 0 aromatic carbocycles. The molecule has 0 aromatic rings. The molecule has 1 unspecified atom stereocenters. The second kappa shape index (κ2) is 8.87. The van der Waals surface area contributed by atoms with E-state index in [-0.39, 0.29) is 12.5 Å². The zero-order valence-electron chi connectivity index (χ0n) is 12.0. The Bertz CT molecular complexity index is 290. The van der Waals surface area contributed by atoms with E-state index in [0.717, 1.165) is 38.9 Å². The summed E-state index contributed by atoms with van der Waals surface area (Å²) < 4.78 is 0. The zero-order valence-corrected chi connectivity index (χ0v) is 12.0. The lowest BCUT2D eigenvalue weighted by Gasteiger charge is -2.33. The number of carbonyl (C=O) groups is 2. The SMILES string of the molecule is CCCNC(=O)NC(=O)CN(CC)C1CCCNC1. The summed E-state index contributed by atoms with van der Waals surface area (Å²) in [4.78, 5) is 25.3. The molecule has 0 aliphatic carbocycles. The Morgan fingerprint density at radius 3 is 2.74 bits per heavy atom. The fraction of sp³-hybridized carbons (Fsp3) is 0.846. The molecule has 3 amide bonds. The molecule has 1 heterocycles. The summed E-state index contributed by atoms with van der Waals surface area (Å²) >= 11 is 0. The van der Waals surface area contributed by atoms with Crippen LogP contribution in [0.4, 0.5) is 4.79 Å². The van der Waals surface area contributed by atoms with E-state index in [1.54, 1.807) is 0 Å². The topological polar surface area (TPSA) is 73.5 Å². The number of rotatable bonds is 6. The highest BCUT2D eigenvalue weighted by Crippen LogP contribution is 2.09. The van der Waals surface area contributed by atoms with Gasteiger partial charge in [-0.1, -0.05) is 13.8 Å². The van der Waals surface area contributed by atoms with Gasteiger partial charge in [-0.3, -0.25) is 15.0 Å². The highest BCUT2D eigenvalue weighted by atomic mass is 16.2. The monoisotopic (exact) mass is 270 g/mol. The predicted octanol–water partition coefficient (Wildman–Crippen LogP) is 0.296. The van der Waals surface area contributed by atoms with E-state index in [2.05, 4.69) is 20.9 Å². The zero-order chi connectivity index (χ0) is 14.1. The molecule has 110 valence electrons. The van der Waals surface area contributed by atoms with Crippen LogP contribution in [-0.4, -0.2) is 55.6 Å². The summed E-state index contributed by atoms with van der Waals surface area (Å²) in [6, 6.07) is -0.00660. The maximum atomic E-state index is 11.8. The molecule has 0 radical (unpaired) electrons. The summed E-state index contributed by atoms with van der Waals surface area (Å²) in [7, 11) is 0. The van der Waals surface area contributed by atoms with Crippen LogP contribution < -0.4 is 16.0 Å². The van der Waals surface area contributed by atoms with Crippen molar-refractivity contribution in [2.75, 3.05) is 32.7 Å². The predicted molar refractivity (Wildman–Crippen MR) is 75.0 cm³/mol. The van der Waals surface area contributed by atoms with Crippen LogP contribution in [0.3, 0.4) is 0 Å². The molecule has 1 fully saturated rings. The summed E-state index contributed by atoms with van der Waals surface area (Å²) in [5.41, 5.74) is 0. The van der Waals surface area contributed by atoms with Crippen LogP contribution in [0.2, 0.25) is 0 Å². The quantitative estimate of drug-likeness (QED) is 0.649. The van der Waals surface area contributed by atoms with Crippen LogP contribution in [0, 0.1) is 0 Å². The summed E-state index contributed by atoms with van der Waals surface area (Å²) in [6.07, 6.45) is 3.10. The molecule has 0 aromatic heterocycles. The molecule has 6 heteroatoms. The van der Waals surface area contributed by atoms with E-state index in [4.69, 9.17) is 0 Å². The Morgan fingerprint density at radius 1 is 1.37 bits per heavy atom. The van der Waals surface area contributed by atoms with Gasteiger partial charge >= 0.3 is 6.03 Å². The molecular formula is C13H26N4O2. The number of hydrogen-bond donors (Lipinski definition) is 3. The van der Waals surface area contributed by atoms with Crippen molar-refractivity contribution in [3.8, 4) is 0 Å². The van der Waals surface area contributed by atoms with Gasteiger partial charge in [0.25, 0.3) is 0 Å². The third kappa shape index (κ3) is 6.02. The van der Waals surface area contributed by atoms with Gasteiger partial charge in [0.05, 0.1) is 6.54 Å². The van der Waals surface area contributed by atoms with E-state index in [1.165, 1.54) is 0 Å². The molecule has 1 rings (SSSR count). The standard InChI is InChI=1S/C13H26N4O2/c1-3-7-15-13(19)16-12(18)10-17(4-2)11-6-5-8-14-9-11/h11,14H,3-10H2,1-2H3,(H2,15,16,18,19). The van der Waals surface area contributed by atoms with Crippen LogP contribution in [0.5, 0.6) is 0 Å². The first-order chi connectivity index (χ1) is 9.17. The fourth-order valence-electron chi connectivity index (χ4n) is 2.28. The third-order valence-corrected chi connectivity index (χ3v) is 3.33. The Balaban J connectivity index is 2.33. The molecular weight excluding hydrogens is 244 g/mol. The maximum Gasteiger partial charge on any atom is 0.321 e. The number of urea groups is 1. The number of carbonyl (C=O) groups excluding carboxylic acids is 2. The minimum atomic E-state index is -0.398. The van der Waals surface area contributed by atoms with Crippen LogP contribution in [-0.2, 0) is 4.79 Å². The van der Waals surface area contributed by atoms with Crippen LogP contribution in [0.1, 0.15) is 33.1 Å². The van der Waals surface area contributed by atoms with Gasteiger partial charge in [-0.05, 0) is 32.4 Å². The van der Waals surface area contributed by atoms with Crippen LogP contribution in [0.15, 0.2) is 0 Å². The van der Waals surface area contributed by atoms with Gasteiger partial charge in [0.15, 0.2) is 0 Å². The van der Waals surface area contributed by atoms with Gasteiger partial charge in [-0.25, -0.2) is 4.79 Å². The molecule has 6 nitrogen and oxygen atoms in total. The average molecular weight is 270 g/mol. The molecule has 1 aliphatic heterocycles. The van der Waals surface area contributed by atoms with Crippen molar-refractivity contribution in [1.29, 1.82) is 0 Å². The van der Waals surface area contributed by atoms with E-state index < -0.39 is 6.03 Å². The number of imide groups is 1. The molecule has 1 atom stereocenters. The van der Waals surface area contributed by atoms with Gasteiger partial charge in [0, 0.05) is 19.1 Å². The lowest BCUT2D eigenvalue weighted by Crippen LogP contribution is -2.51. The maximum absolute atomic E-state index is 11.8. The van der Waals surface area contributed by atoms with Gasteiger partial charge in [-0.15, -0.1) is 0 Å². The van der Waals surface area contributed by atoms with E-state index in [9.17, 15) is 9.59 Å². The normalized spacial score (nSPS) is 19.2. The van der Waals surface area contributed by atoms with Crippen molar-refractivity contribution in [3.05, 3.63) is 0 Å². The highest BCUT2D eigenvalue weighted by molar-refractivity contribution is 5.95. The minimum absolute atomic E-state index is 0.235. The van der Waals surface area contributed by atoms with Crippen molar-refractivity contribution in [1.82, 2.24) is 20.9 Å². The van der Waals surface area contributed by atoms with Crippen molar-refractivity contribution in [2.24, 2.45) is 0 Å². The van der Waals surface area contributed by atoms with Crippen molar-refractivity contribution >= 4 is 11.9 Å². The second-order valence-corrected chi connectivity index (χ2v) is 4.87. The Morgan fingerprint density at radius 2 is 2.16 bits per heavy atom. The van der Waals surface area contributed by atoms with Gasteiger partial charge in [0.1, 0.15) is 0 Å². The number of amides is 3. The number of nitrogens with zero attached hydrogens (tertiary/aromatic N) is 1. The molecule has 3 N–H and O–H groups in total. The number of nitrogens with one attached hydrogen (secondary N) is 3. The summed E-state index contributed by atoms with van der Waals surface area (Å²) in [5, 5.41) is 8.34.